The Labute approximate surface area is 234 Å². The largest absolute Gasteiger partial charge is 0.489 e. The van der Waals surface area contributed by atoms with Crippen molar-refractivity contribution >= 4 is 51.8 Å². The van der Waals surface area contributed by atoms with Crippen LogP contribution in [0, 0.1) is 6.57 Å². The Balaban J connectivity index is 1.70. The lowest BCUT2D eigenvalue weighted by Crippen LogP contribution is -2.57. The molecule has 0 spiro atoms. The molecule has 0 aliphatic carbocycles. The van der Waals surface area contributed by atoms with Gasteiger partial charge in [-0.2, -0.15) is 10.1 Å². The number of hydrogen-bond acceptors (Lipinski definition) is 8. The molecule has 0 aromatic carbocycles. The lowest BCUT2D eigenvalue weighted by Gasteiger charge is -2.41. The molecule has 5 rings (SSSR count). The smallest absolute Gasteiger partial charge is 0.410 e. The molecule has 0 unspecified atom stereocenters. The maximum absolute atomic E-state index is 13.7. The first kappa shape index (κ1) is 27.0. The quantitative estimate of drug-likeness (QED) is 0.310. The van der Waals surface area contributed by atoms with Gasteiger partial charge in [-0.15, -0.1) is 0 Å². The van der Waals surface area contributed by atoms with Crippen molar-refractivity contribution in [3.8, 4) is 11.6 Å². The number of piperazine rings is 1. The molecule has 206 valence electrons. The second kappa shape index (κ2) is 9.27. The van der Waals surface area contributed by atoms with Crippen LogP contribution < -0.4 is 15.3 Å². The predicted molar refractivity (Wildman–Crippen MR) is 147 cm³/mol. The third kappa shape index (κ3) is 4.63. The molecule has 3 aromatic rings. The molecule has 1 atom stereocenters. The number of ether oxygens (including phenoxy) is 2. The van der Waals surface area contributed by atoms with Gasteiger partial charge < -0.3 is 19.3 Å². The van der Waals surface area contributed by atoms with Crippen molar-refractivity contribution < 1.29 is 14.3 Å². The van der Waals surface area contributed by atoms with E-state index in [9.17, 15) is 9.59 Å². The number of rotatable bonds is 1. The van der Waals surface area contributed by atoms with E-state index >= 15 is 0 Å². The van der Waals surface area contributed by atoms with Crippen LogP contribution in [-0.2, 0) is 10.3 Å². The first-order chi connectivity index (χ1) is 18.2. The fourth-order valence-electron chi connectivity index (χ4n) is 4.75. The number of pyridine rings is 1. The molecule has 1 saturated heterocycles. The van der Waals surface area contributed by atoms with Gasteiger partial charge in [0.15, 0.2) is 16.5 Å². The average Bonchev–Trinajstić information content (AvgIpc) is 3.20. The standard InChI is InChI=1S/C25H28Cl2N8O4/c1-24(2,3)35-21(14(28-7)10-29-35)34-20-15-17(16(26)18(27)30-20)38-12-13-11-32(23(37)39-25(4,5)6)8-9-33(13)19(15)31-22(34)36/h10,13H,8-9,11-12H2,1-6H3/t13-/m1/s1. The van der Waals surface area contributed by atoms with E-state index in [-0.39, 0.29) is 52.3 Å². The van der Waals surface area contributed by atoms with Crippen LogP contribution in [0.2, 0.25) is 10.2 Å². The highest BCUT2D eigenvalue weighted by Gasteiger charge is 2.38. The SMILES string of the molecule is [C-]#[N+]c1cnn(C(C)(C)C)c1-n1c(=O)nc2c3c(c(Cl)c(Cl)nc31)OC[C@H]1CN(C(=O)OC(C)(C)C)CCN21. The van der Waals surface area contributed by atoms with Gasteiger partial charge in [0, 0.05) is 19.6 Å². The number of amides is 1. The second-order valence-corrected chi connectivity index (χ2v) is 12.2. The van der Waals surface area contributed by atoms with E-state index in [0.717, 1.165) is 0 Å². The molecule has 1 amide bonds. The highest BCUT2D eigenvalue weighted by atomic mass is 35.5. The van der Waals surface area contributed by atoms with Crippen molar-refractivity contribution in [3.63, 3.8) is 0 Å². The molecule has 1 fully saturated rings. The van der Waals surface area contributed by atoms with Crippen LogP contribution in [0.1, 0.15) is 41.5 Å². The first-order valence-corrected chi connectivity index (χ1v) is 13.1. The molecule has 2 aliphatic rings. The number of anilines is 1. The Kier molecular flexibility index (Phi) is 6.43. The number of halogens is 2. The summed E-state index contributed by atoms with van der Waals surface area (Å²) in [6, 6.07) is -0.349. The molecule has 2 aliphatic heterocycles. The third-order valence-electron chi connectivity index (χ3n) is 6.38. The van der Waals surface area contributed by atoms with Crippen LogP contribution in [0.25, 0.3) is 21.7 Å². The van der Waals surface area contributed by atoms with Crippen LogP contribution in [0.4, 0.5) is 16.3 Å². The zero-order valence-corrected chi connectivity index (χ0v) is 24.0. The number of hydrogen-bond donors (Lipinski definition) is 0. The molecule has 0 radical (unpaired) electrons. The van der Waals surface area contributed by atoms with Crippen molar-refractivity contribution in [2.45, 2.75) is 58.7 Å². The Bertz CT molecular complexity index is 1600. The summed E-state index contributed by atoms with van der Waals surface area (Å²) in [5, 5.41) is 4.77. The Morgan fingerprint density at radius 3 is 2.54 bits per heavy atom. The molecule has 0 bridgehead atoms. The van der Waals surface area contributed by atoms with Crippen molar-refractivity contribution in [2.24, 2.45) is 0 Å². The second-order valence-electron chi connectivity index (χ2n) is 11.4. The van der Waals surface area contributed by atoms with Gasteiger partial charge in [0.25, 0.3) is 0 Å². The number of nitrogens with zero attached hydrogens (tertiary/aromatic N) is 8. The fraction of sp³-hybridized carbons (Fsp3) is 0.520. The lowest BCUT2D eigenvalue weighted by atomic mass is 10.1. The van der Waals surface area contributed by atoms with Gasteiger partial charge in [-0.05, 0) is 41.5 Å². The van der Waals surface area contributed by atoms with Gasteiger partial charge in [-0.1, -0.05) is 23.2 Å². The number of carbonyl (C=O) groups excluding carboxylic acids is 1. The number of carbonyl (C=O) groups is 1. The number of aromatic nitrogens is 5. The van der Waals surface area contributed by atoms with Crippen LogP contribution in [-0.4, -0.2) is 73.2 Å². The summed E-state index contributed by atoms with van der Waals surface area (Å²) in [6.07, 6.45) is 0.973. The predicted octanol–water partition coefficient (Wildman–Crippen LogP) is 4.41. The summed E-state index contributed by atoms with van der Waals surface area (Å²) in [4.78, 5) is 42.6. The van der Waals surface area contributed by atoms with Crippen LogP contribution in [0.5, 0.6) is 5.75 Å². The molecule has 14 heteroatoms. The van der Waals surface area contributed by atoms with Crippen molar-refractivity contribution in [3.05, 3.63) is 38.3 Å². The topological polar surface area (TPSA) is 112 Å². The summed E-state index contributed by atoms with van der Waals surface area (Å²) in [5.74, 6) is 0.770. The maximum Gasteiger partial charge on any atom is 0.410 e. The van der Waals surface area contributed by atoms with E-state index in [1.165, 1.54) is 10.8 Å². The van der Waals surface area contributed by atoms with Gasteiger partial charge in [0.2, 0.25) is 5.69 Å². The van der Waals surface area contributed by atoms with Gasteiger partial charge in [0.1, 0.15) is 34.3 Å². The Morgan fingerprint density at radius 1 is 1.18 bits per heavy atom. The van der Waals surface area contributed by atoms with E-state index in [2.05, 4.69) is 19.9 Å². The summed E-state index contributed by atoms with van der Waals surface area (Å²) in [7, 11) is 0. The molecule has 5 heterocycles. The van der Waals surface area contributed by atoms with Gasteiger partial charge in [-0.3, -0.25) is 4.68 Å². The highest BCUT2D eigenvalue weighted by molar-refractivity contribution is 6.43. The van der Waals surface area contributed by atoms with E-state index in [1.807, 2.05) is 46.4 Å². The van der Waals surface area contributed by atoms with Gasteiger partial charge in [-0.25, -0.2) is 24.0 Å². The van der Waals surface area contributed by atoms with Crippen LogP contribution >= 0.6 is 23.2 Å². The summed E-state index contributed by atoms with van der Waals surface area (Å²) in [6.45, 7) is 20.0. The molecule has 3 aromatic heterocycles. The fourth-order valence-corrected chi connectivity index (χ4v) is 5.11. The first-order valence-electron chi connectivity index (χ1n) is 12.4. The highest BCUT2D eigenvalue weighted by Crippen LogP contribution is 2.44. The zero-order valence-electron chi connectivity index (χ0n) is 22.4. The Hall–Kier alpha value is -3.56. The van der Waals surface area contributed by atoms with Gasteiger partial charge >= 0.3 is 11.8 Å². The molecular weight excluding hydrogens is 547 g/mol. The lowest BCUT2D eigenvalue weighted by molar-refractivity contribution is 0.0202. The van der Waals surface area contributed by atoms with E-state index in [1.54, 1.807) is 9.58 Å². The van der Waals surface area contributed by atoms with Crippen molar-refractivity contribution in [2.75, 3.05) is 31.1 Å². The minimum Gasteiger partial charge on any atom is -0.489 e. The van der Waals surface area contributed by atoms with E-state index < -0.39 is 22.9 Å². The zero-order chi connectivity index (χ0) is 28.4. The minimum absolute atomic E-state index is 0.0640. The summed E-state index contributed by atoms with van der Waals surface area (Å²) < 4.78 is 14.6. The number of fused-ring (bicyclic) bond motifs is 2. The third-order valence-corrected chi connectivity index (χ3v) is 7.10. The summed E-state index contributed by atoms with van der Waals surface area (Å²) in [5.41, 5.74) is -1.59. The monoisotopic (exact) mass is 574 g/mol. The van der Waals surface area contributed by atoms with Crippen molar-refractivity contribution in [1.82, 2.24) is 29.2 Å². The van der Waals surface area contributed by atoms with E-state index in [4.69, 9.17) is 39.2 Å². The van der Waals surface area contributed by atoms with Gasteiger partial charge in [0.05, 0.1) is 24.3 Å². The molecule has 12 nitrogen and oxygen atoms in total. The average molecular weight is 575 g/mol. The van der Waals surface area contributed by atoms with Crippen LogP contribution in [0.3, 0.4) is 0 Å². The maximum atomic E-state index is 13.7. The Morgan fingerprint density at radius 2 is 1.90 bits per heavy atom. The minimum atomic E-state index is -0.666. The molecule has 0 saturated carbocycles. The molecular formula is C25H28Cl2N8O4. The summed E-state index contributed by atoms with van der Waals surface area (Å²) >= 11 is 13.0. The van der Waals surface area contributed by atoms with Crippen LogP contribution in [0.15, 0.2) is 11.0 Å². The molecule has 39 heavy (non-hydrogen) atoms. The van der Waals surface area contributed by atoms with E-state index in [0.29, 0.717) is 24.3 Å². The molecule has 0 N–H and O–H groups in total. The normalized spacial score (nSPS) is 17.4. The van der Waals surface area contributed by atoms with Crippen molar-refractivity contribution in [1.29, 1.82) is 0 Å².